The molecule has 92 valence electrons. The number of carbonyl (C=O) groups is 1. The van der Waals surface area contributed by atoms with E-state index in [1.165, 1.54) is 0 Å². The fraction of sp³-hybridized carbons (Fsp3) is 0.727. The lowest BCUT2D eigenvalue weighted by Crippen LogP contribution is -2.38. The van der Waals surface area contributed by atoms with Crippen molar-refractivity contribution in [2.75, 3.05) is 7.05 Å². The molecule has 2 saturated carbocycles. The van der Waals surface area contributed by atoms with E-state index < -0.39 is 0 Å². The van der Waals surface area contributed by atoms with Gasteiger partial charge in [0.25, 0.3) is 0 Å². The fourth-order valence-electron chi connectivity index (χ4n) is 1.62. The standard InChI is InChI=1S/C11H16N4O2/c1-15(11(16)12-8-4-5-8)6-9-13-10(17-14-9)7-2-3-7/h7-8H,2-6H2,1H3,(H,12,16). The van der Waals surface area contributed by atoms with E-state index >= 15 is 0 Å². The molecule has 0 atom stereocenters. The molecular formula is C11H16N4O2. The predicted octanol–water partition coefficient (Wildman–Crippen LogP) is 1.25. The third-order valence-electron chi connectivity index (χ3n) is 3.04. The first-order valence-electron chi connectivity index (χ1n) is 6.06. The second-order valence-corrected chi connectivity index (χ2v) is 4.90. The van der Waals surface area contributed by atoms with Crippen LogP contribution in [-0.4, -0.2) is 34.2 Å². The summed E-state index contributed by atoms with van der Waals surface area (Å²) in [5, 5.41) is 6.80. The molecule has 3 rings (SSSR count). The van der Waals surface area contributed by atoms with E-state index in [9.17, 15) is 4.79 Å². The summed E-state index contributed by atoms with van der Waals surface area (Å²) in [6, 6.07) is 0.308. The molecule has 0 bridgehead atoms. The van der Waals surface area contributed by atoms with E-state index in [0.29, 0.717) is 24.3 Å². The zero-order valence-corrected chi connectivity index (χ0v) is 9.85. The molecule has 17 heavy (non-hydrogen) atoms. The maximum absolute atomic E-state index is 11.7. The van der Waals surface area contributed by atoms with Crippen LogP contribution >= 0.6 is 0 Å². The largest absolute Gasteiger partial charge is 0.339 e. The van der Waals surface area contributed by atoms with Crippen LogP contribution in [0.25, 0.3) is 0 Å². The van der Waals surface area contributed by atoms with Gasteiger partial charge in [0, 0.05) is 19.0 Å². The summed E-state index contributed by atoms with van der Waals surface area (Å²) >= 11 is 0. The average Bonchev–Trinajstić information content (AvgIpc) is 3.21. The Bertz CT molecular complexity index is 423. The number of aromatic nitrogens is 2. The summed E-state index contributed by atoms with van der Waals surface area (Å²) in [5.41, 5.74) is 0. The van der Waals surface area contributed by atoms with E-state index in [2.05, 4.69) is 15.5 Å². The Morgan fingerprint density at radius 2 is 2.24 bits per heavy atom. The van der Waals surface area contributed by atoms with Crippen LogP contribution in [-0.2, 0) is 6.54 Å². The van der Waals surface area contributed by atoms with Gasteiger partial charge >= 0.3 is 6.03 Å². The number of amides is 2. The van der Waals surface area contributed by atoms with Gasteiger partial charge in [-0.25, -0.2) is 4.79 Å². The van der Waals surface area contributed by atoms with Gasteiger partial charge in [-0.15, -0.1) is 0 Å². The summed E-state index contributed by atoms with van der Waals surface area (Å²) in [4.78, 5) is 17.6. The maximum Gasteiger partial charge on any atom is 0.317 e. The highest BCUT2D eigenvalue weighted by Crippen LogP contribution is 2.38. The number of carbonyl (C=O) groups excluding carboxylic acids is 1. The lowest BCUT2D eigenvalue weighted by molar-refractivity contribution is 0.204. The normalized spacial score (nSPS) is 19.1. The van der Waals surface area contributed by atoms with E-state index in [1.54, 1.807) is 11.9 Å². The second kappa shape index (κ2) is 4.01. The molecule has 0 radical (unpaired) electrons. The number of hydrogen-bond donors (Lipinski definition) is 1. The van der Waals surface area contributed by atoms with E-state index in [-0.39, 0.29) is 6.03 Å². The molecule has 0 spiro atoms. The fourth-order valence-corrected chi connectivity index (χ4v) is 1.62. The van der Waals surface area contributed by atoms with E-state index in [1.807, 2.05) is 0 Å². The molecule has 2 fully saturated rings. The lowest BCUT2D eigenvalue weighted by atomic mass is 10.4. The van der Waals surface area contributed by atoms with Crippen LogP contribution in [0.4, 0.5) is 4.79 Å². The van der Waals surface area contributed by atoms with E-state index in [0.717, 1.165) is 31.6 Å². The van der Waals surface area contributed by atoms with Gasteiger partial charge in [-0.2, -0.15) is 4.98 Å². The quantitative estimate of drug-likeness (QED) is 0.854. The van der Waals surface area contributed by atoms with Crippen LogP contribution < -0.4 is 5.32 Å². The Labute approximate surface area is 99.4 Å². The molecule has 0 aromatic carbocycles. The maximum atomic E-state index is 11.7. The van der Waals surface area contributed by atoms with Gasteiger partial charge in [0.05, 0.1) is 6.54 Å². The van der Waals surface area contributed by atoms with Crippen LogP contribution in [0.3, 0.4) is 0 Å². The smallest absolute Gasteiger partial charge is 0.317 e. The molecule has 0 unspecified atom stereocenters. The molecule has 0 aliphatic heterocycles. The molecule has 1 aromatic rings. The molecule has 1 heterocycles. The van der Waals surface area contributed by atoms with Crippen molar-refractivity contribution >= 4 is 6.03 Å². The Hall–Kier alpha value is -1.59. The van der Waals surface area contributed by atoms with Gasteiger partial charge in [-0.1, -0.05) is 5.16 Å². The summed E-state index contributed by atoms with van der Waals surface area (Å²) in [6.45, 7) is 0.398. The third-order valence-corrected chi connectivity index (χ3v) is 3.04. The molecular weight excluding hydrogens is 220 g/mol. The number of nitrogens with one attached hydrogen (secondary N) is 1. The van der Waals surface area contributed by atoms with Gasteiger partial charge in [0.2, 0.25) is 5.89 Å². The van der Waals surface area contributed by atoms with Crippen molar-refractivity contribution in [1.82, 2.24) is 20.4 Å². The van der Waals surface area contributed by atoms with E-state index in [4.69, 9.17) is 4.52 Å². The first-order chi connectivity index (χ1) is 8.22. The highest BCUT2D eigenvalue weighted by molar-refractivity contribution is 5.74. The van der Waals surface area contributed by atoms with Gasteiger partial charge in [0.15, 0.2) is 5.82 Å². The first kappa shape index (κ1) is 10.6. The molecule has 0 saturated heterocycles. The lowest BCUT2D eigenvalue weighted by Gasteiger charge is -2.15. The second-order valence-electron chi connectivity index (χ2n) is 4.90. The molecule has 1 N–H and O–H groups in total. The zero-order chi connectivity index (χ0) is 11.8. The molecule has 6 nitrogen and oxygen atoms in total. The van der Waals surface area contributed by atoms with Crippen LogP contribution in [0.1, 0.15) is 43.3 Å². The topological polar surface area (TPSA) is 71.3 Å². The minimum atomic E-state index is -0.0646. The van der Waals surface area contributed by atoms with Crippen molar-refractivity contribution in [3.63, 3.8) is 0 Å². The van der Waals surface area contributed by atoms with Crippen molar-refractivity contribution in [3.8, 4) is 0 Å². The van der Waals surface area contributed by atoms with Gasteiger partial charge in [-0.3, -0.25) is 0 Å². The predicted molar refractivity (Wildman–Crippen MR) is 59.3 cm³/mol. The van der Waals surface area contributed by atoms with Crippen LogP contribution in [0.15, 0.2) is 4.52 Å². The van der Waals surface area contributed by atoms with Crippen LogP contribution in [0.5, 0.6) is 0 Å². The molecule has 2 amide bonds. The number of urea groups is 1. The molecule has 6 heteroatoms. The van der Waals surface area contributed by atoms with Crippen molar-refractivity contribution in [1.29, 1.82) is 0 Å². The highest BCUT2D eigenvalue weighted by atomic mass is 16.5. The van der Waals surface area contributed by atoms with Gasteiger partial charge in [0.1, 0.15) is 0 Å². The van der Waals surface area contributed by atoms with Crippen molar-refractivity contribution in [2.45, 2.75) is 44.2 Å². The minimum absolute atomic E-state index is 0.0646. The number of hydrogen-bond acceptors (Lipinski definition) is 4. The summed E-state index contributed by atoms with van der Waals surface area (Å²) in [7, 11) is 1.74. The Morgan fingerprint density at radius 3 is 2.88 bits per heavy atom. The third kappa shape index (κ3) is 2.57. The Kier molecular flexibility index (Phi) is 2.49. The summed E-state index contributed by atoms with van der Waals surface area (Å²) in [6.07, 6.45) is 4.46. The van der Waals surface area contributed by atoms with Gasteiger partial charge in [-0.05, 0) is 25.7 Å². The minimum Gasteiger partial charge on any atom is -0.339 e. The first-order valence-corrected chi connectivity index (χ1v) is 6.06. The van der Waals surface area contributed by atoms with Crippen molar-refractivity contribution < 1.29 is 9.32 Å². The van der Waals surface area contributed by atoms with Crippen LogP contribution in [0, 0.1) is 0 Å². The number of rotatable bonds is 4. The molecule has 2 aliphatic rings. The number of nitrogens with zero attached hydrogens (tertiary/aromatic N) is 3. The SMILES string of the molecule is CN(Cc1noc(C2CC2)n1)C(=O)NC1CC1. The van der Waals surface area contributed by atoms with Gasteiger partial charge < -0.3 is 14.7 Å². The average molecular weight is 236 g/mol. The monoisotopic (exact) mass is 236 g/mol. The van der Waals surface area contributed by atoms with Crippen molar-refractivity contribution in [2.24, 2.45) is 0 Å². The summed E-state index contributed by atoms with van der Waals surface area (Å²) < 4.78 is 5.14. The Balaban J connectivity index is 1.54. The molecule has 2 aliphatic carbocycles. The van der Waals surface area contributed by atoms with Crippen molar-refractivity contribution in [3.05, 3.63) is 11.7 Å². The zero-order valence-electron chi connectivity index (χ0n) is 9.85. The van der Waals surface area contributed by atoms with Crippen LogP contribution in [0.2, 0.25) is 0 Å². The Morgan fingerprint density at radius 1 is 1.47 bits per heavy atom. The summed E-state index contributed by atoms with van der Waals surface area (Å²) in [5.74, 6) is 1.76. The highest BCUT2D eigenvalue weighted by Gasteiger charge is 2.30. The molecule has 1 aromatic heterocycles.